The van der Waals surface area contributed by atoms with Gasteiger partial charge in [-0.3, -0.25) is 15.3 Å². The Morgan fingerprint density at radius 3 is 1.07 bits per heavy atom. The van der Waals surface area contributed by atoms with Crippen molar-refractivity contribution in [3.05, 3.63) is 72.8 Å². The van der Waals surface area contributed by atoms with Crippen molar-refractivity contribution in [1.82, 2.24) is 0 Å². The molecule has 0 aromatic heterocycles. The normalized spacial score (nSPS) is 30.8. The van der Waals surface area contributed by atoms with Crippen molar-refractivity contribution in [2.24, 2.45) is 13.5 Å². The molecule has 0 bridgehead atoms. The summed E-state index contributed by atoms with van der Waals surface area (Å²) in [6.45, 7) is 0. The molecule has 4 aliphatic heterocycles. The van der Waals surface area contributed by atoms with Gasteiger partial charge in [0.05, 0.1) is 17.1 Å². The van der Waals surface area contributed by atoms with Gasteiger partial charge in [0.15, 0.2) is 17.2 Å². The van der Waals surface area contributed by atoms with Gasteiger partial charge >= 0.3 is 22.7 Å². The number of para-hydroxylation sites is 6. The van der Waals surface area contributed by atoms with Crippen LogP contribution in [0, 0.1) is 0 Å². The lowest BCUT2D eigenvalue weighted by Crippen LogP contribution is -2.05. The molecule has 0 saturated heterocycles. The quantitative estimate of drug-likeness (QED) is 0.306. The van der Waals surface area contributed by atoms with E-state index < -0.39 is 22.7 Å². The fraction of sp³-hybridized carbons (Fsp3) is 0. The van der Waals surface area contributed by atoms with Gasteiger partial charge in [-0.05, 0) is 36.4 Å². The summed E-state index contributed by atoms with van der Waals surface area (Å²) in [5.41, 5.74) is 2.56. The molecule has 7 rings (SSSR count). The summed E-state index contributed by atoms with van der Waals surface area (Å²) in [7, 11) is -8.64. The minimum atomic E-state index is -2.88. The molecular formula is C18H15N6O3P3. The van der Waals surface area contributed by atoms with Gasteiger partial charge in [-0.15, -0.1) is 13.5 Å². The van der Waals surface area contributed by atoms with Crippen molar-refractivity contribution in [3.63, 3.8) is 0 Å². The first-order chi connectivity index (χ1) is 14.6. The van der Waals surface area contributed by atoms with E-state index in [4.69, 9.17) is 27.1 Å². The maximum Gasteiger partial charge on any atom is 0.362 e. The van der Waals surface area contributed by atoms with Crippen LogP contribution in [-0.4, -0.2) is 0 Å². The highest BCUT2D eigenvalue weighted by Gasteiger charge is 2.49. The highest BCUT2D eigenvalue weighted by Crippen LogP contribution is 2.81. The van der Waals surface area contributed by atoms with Crippen LogP contribution < -0.4 is 28.8 Å². The summed E-state index contributed by atoms with van der Waals surface area (Å²) >= 11 is 0. The van der Waals surface area contributed by atoms with Crippen molar-refractivity contribution >= 4 is 39.8 Å². The smallest absolute Gasteiger partial charge is 0.362 e. The third-order valence-electron chi connectivity index (χ3n) is 4.86. The molecule has 4 aliphatic rings. The number of rotatable bonds is 0. The third-order valence-corrected chi connectivity index (χ3v) is 13.6. The summed E-state index contributed by atoms with van der Waals surface area (Å²) in [6.07, 6.45) is 0. The van der Waals surface area contributed by atoms with Crippen LogP contribution in [0.5, 0.6) is 17.2 Å². The van der Waals surface area contributed by atoms with Crippen LogP contribution >= 0.6 is 22.7 Å². The highest BCUT2D eigenvalue weighted by atomic mass is 31.3. The summed E-state index contributed by atoms with van der Waals surface area (Å²) in [5.74, 6) is 2.14. The molecule has 3 aromatic carbocycles. The molecule has 0 aliphatic carbocycles. The average Bonchev–Trinajstić information content (AvgIpc) is 3.36. The number of nitrogens with one attached hydrogen (secondary N) is 3. The van der Waals surface area contributed by atoms with E-state index in [9.17, 15) is 0 Å². The van der Waals surface area contributed by atoms with E-state index in [1.54, 1.807) is 0 Å². The topological polar surface area (TPSA) is 101 Å². The Morgan fingerprint density at radius 2 is 0.767 bits per heavy atom. The zero-order chi connectivity index (χ0) is 19.8. The molecule has 30 heavy (non-hydrogen) atoms. The standard InChI is InChI=1S/C18H15N6O3P3/c1-4-10-16-13(7-1)19-28(25-16)22-29(20-14-8-2-5-11-17(14)26-29)24-30(23-28)21-15-9-3-6-12-18(15)27-30/h1-12,19-21H. The summed E-state index contributed by atoms with van der Waals surface area (Å²) in [4.78, 5) is 0. The second-order valence-corrected chi connectivity index (χ2v) is 13.6. The highest BCUT2D eigenvalue weighted by molar-refractivity contribution is 7.85. The van der Waals surface area contributed by atoms with Gasteiger partial charge < -0.3 is 13.6 Å². The van der Waals surface area contributed by atoms with E-state index in [-0.39, 0.29) is 0 Å². The Hall–Kier alpha value is -2.85. The largest absolute Gasteiger partial charge is 0.424 e. The van der Waals surface area contributed by atoms with E-state index >= 15 is 0 Å². The van der Waals surface area contributed by atoms with Crippen molar-refractivity contribution in [3.8, 4) is 17.2 Å². The molecule has 3 N–H and O–H groups in total. The van der Waals surface area contributed by atoms with Gasteiger partial charge in [0, 0.05) is 0 Å². The third kappa shape index (κ3) is 2.40. The van der Waals surface area contributed by atoms with Crippen LogP contribution in [-0.2, 0) is 0 Å². The van der Waals surface area contributed by atoms with Gasteiger partial charge in [-0.25, -0.2) is 0 Å². The lowest BCUT2D eigenvalue weighted by molar-refractivity contribution is 0.603. The van der Waals surface area contributed by atoms with Crippen molar-refractivity contribution in [2.45, 2.75) is 0 Å². The maximum absolute atomic E-state index is 6.33. The Bertz CT molecular complexity index is 1150. The van der Waals surface area contributed by atoms with Crippen molar-refractivity contribution in [1.29, 1.82) is 0 Å². The van der Waals surface area contributed by atoms with Gasteiger partial charge in [-0.1, -0.05) is 36.4 Å². The van der Waals surface area contributed by atoms with Crippen LogP contribution in [0.2, 0.25) is 0 Å². The number of benzene rings is 3. The summed E-state index contributed by atoms with van der Waals surface area (Å²) < 4.78 is 33.9. The molecule has 3 aromatic rings. The second-order valence-electron chi connectivity index (χ2n) is 7.00. The monoisotopic (exact) mass is 456 g/mol. The van der Waals surface area contributed by atoms with Crippen LogP contribution in [0.4, 0.5) is 17.1 Å². The average molecular weight is 456 g/mol. The lowest BCUT2D eigenvalue weighted by Gasteiger charge is -2.27. The molecule has 3 spiro atoms. The minimum Gasteiger partial charge on any atom is -0.424 e. The van der Waals surface area contributed by atoms with Crippen LogP contribution in [0.25, 0.3) is 0 Å². The number of hydrogen-bond acceptors (Lipinski definition) is 9. The fourth-order valence-corrected chi connectivity index (χ4v) is 13.9. The molecule has 0 atom stereocenters. The number of nitrogens with zero attached hydrogens (tertiary/aromatic N) is 3. The second kappa shape index (κ2) is 5.64. The number of fused-ring (bicyclic) bond motifs is 3. The maximum atomic E-state index is 6.33. The predicted molar refractivity (Wildman–Crippen MR) is 120 cm³/mol. The molecule has 0 saturated carbocycles. The Morgan fingerprint density at radius 1 is 0.467 bits per heavy atom. The van der Waals surface area contributed by atoms with Crippen LogP contribution in [0.3, 0.4) is 0 Å². The van der Waals surface area contributed by atoms with Gasteiger partial charge in [-0.2, -0.15) is 0 Å². The first kappa shape index (κ1) is 16.9. The van der Waals surface area contributed by atoms with Gasteiger partial charge in [0.2, 0.25) is 0 Å². The summed E-state index contributed by atoms with van der Waals surface area (Å²) in [6, 6.07) is 23.2. The molecule has 0 unspecified atom stereocenters. The Kier molecular flexibility index (Phi) is 3.18. The SMILES string of the molecule is c1ccc2c(c1)NP1(=NP3(=NP4(=N1)Nc1ccccc1O4)Nc1ccccc1O3)O2. The van der Waals surface area contributed by atoms with Gasteiger partial charge in [0.1, 0.15) is 0 Å². The van der Waals surface area contributed by atoms with Crippen LogP contribution in [0.1, 0.15) is 0 Å². The van der Waals surface area contributed by atoms with E-state index in [2.05, 4.69) is 15.3 Å². The molecule has 0 fully saturated rings. The van der Waals surface area contributed by atoms with E-state index in [1.807, 2.05) is 72.8 Å². The van der Waals surface area contributed by atoms with Crippen molar-refractivity contribution in [2.75, 3.05) is 15.3 Å². The van der Waals surface area contributed by atoms with E-state index in [0.717, 1.165) is 17.1 Å². The number of hydrogen-bond donors (Lipinski definition) is 3. The molecule has 4 heterocycles. The van der Waals surface area contributed by atoms with Crippen LogP contribution in [0.15, 0.2) is 86.3 Å². The predicted octanol–water partition coefficient (Wildman–Crippen LogP) is 7.35. The van der Waals surface area contributed by atoms with Gasteiger partial charge in [0.25, 0.3) is 0 Å². The molecule has 12 heteroatoms. The van der Waals surface area contributed by atoms with E-state index in [0.29, 0.717) is 17.2 Å². The molecule has 0 amide bonds. The zero-order valence-corrected chi connectivity index (χ0v) is 18.0. The number of anilines is 3. The lowest BCUT2D eigenvalue weighted by atomic mass is 10.3. The Labute approximate surface area is 172 Å². The fourth-order valence-electron chi connectivity index (χ4n) is 3.66. The molecular weight excluding hydrogens is 441 g/mol. The zero-order valence-electron chi connectivity index (χ0n) is 15.3. The molecule has 0 radical (unpaired) electrons. The Balaban J connectivity index is 1.45. The first-order valence-electron chi connectivity index (χ1n) is 9.26. The minimum absolute atomic E-state index is 0.713. The first-order valence-corrected chi connectivity index (χ1v) is 14.1. The molecule has 9 nitrogen and oxygen atoms in total. The van der Waals surface area contributed by atoms with E-state index in [1.165, 1.54) is 0 Å². The summed E-state index contributed by atoms with van der Waals surface area (Å²) in [5, 5.41) is 10.3. The molecule has 150 valence electrons. The van der Waals surface area contributed by atoms with Crippen molar-refractivity contribution < 1.29 is 13.6 Å².